The van der Waals surface area contributed by atoms with Gasteiger partial charge in [-0.05, 0) is 33.7 Å². The van der Waals surface area contributed by atoms with Crippen molar-refractivity contribution >= 4 is 11.8 Å². The van der Waals surface area contributed by atoms with Crippen LogP contribution >= 0.6 is 11.8 Å². The van der Waals surface area contributed by atoms with E-state index in [-0.39, 0.29) is 11.7 Å². The summed E-state index contributed by atoms with van der Waals surface area (Å²) in [4.78, 5) is 11.6. The average molecular weight is 272 g/mol. The summed E-state index contributed by atoms with van der Waals surface area (Å²) in [6, 6.07) is 0.618. The third-order valence-electron chi connectivity index (χ3n) is 2.73. The topological polar surface area (TPSA) is 62.7 Å². The average Bonchev–Trinajstić information content (AvgIpc) is 2.59. The minimum Gasteiger partial charge on any atom is -0.314 e. The van der Waals surface area contributed by atoms with Crippen molar-refractivity contribution in [2.75, 3.05) is 6.54 Å². The Balaban J connectivity index is 2.64. The lowest BCUT2D eigenvalue weighted by molar-refractivity contribution is 0.521. The molecule has 1 heterocycles. The number of hydrogen-bond acceptors (Lipinski definition) is 4. The van der Waals surface area contributed by atoms with Crippen LogP contribution in [0.25, 0.3) is 0 Å². The first-order valence-corrected chi connectivity index (χ1v) is 7.40. The van der Waals surface area contributed by atoms with Crippen LogP contribution in [0.1, 0.15) is 47.1 Å². The zero-order valence-corrected chi connectivity index (χ0v) is 12.7. The van der Waals surface area contributed by atoms with Gasteiger partial charge >= 0.3 is 5.69 Å². The normalized spacial score (nSPS) is 15.0. The predicted octanol–water partition coefficient (Wildman–Crippen LogP) is 2.02. The molecule has 0 spiro atoms. The van der Waals surface area contributed by atoms with Crippen LogP contribution in [0.3, 0.4) is 0 Å². The summed E-state index contributed by atoms with van der Waals surface area (Å²) in [6.45, 7) is 11.4. The standard InChI is InChI=1S/C12H24N4OS/c1-6-13-9(4)7-10(5)18-12-15-14-11(17)16(12)8(2)3/h8-10,13H,6-7H2,1-5H3,(H,14,17). The minimum atomic E-state index is -0.126. The van der Waals surface area contributed by atoms with Crippen molar-refractivity contribution < 1.29 is 0 Å². The van der Waals surface area contributed by atoms with E-state index in [0.29, 0.717) is 11.3 Å². The molecule has 0 saturated heterocycles. The summed E-state index contributed by atoms with van der Waals surface area (Å²) in [5.74, 6) is 0. The molecule has 104 valence electrons. The number of aromatic amines is 1. The lowest BCUT2D eigenvalue weighted by atomic mass is 10.2. The van der Waals surface area contributed by atoms with Crippen molar-refractivity contribution in [3.8, 4) is 0 Å². The molecule has 0 fully saturated rings. The molecular weight excluding hydrogens is 248 g/mol. The van der Waals surface area contributed by atoms with Crippen LogP contribution in [-0.2, 0) is 0 Å². The number of nitrogens with zero attached hydrogens (tertiary/aromatic N) is 2. The minimum absolute atomic E-state index is 0.126. The van der Waals surface area contributed by atoms with Crippen molar-refractivity contribution in [1.82, 2.24) is 20.1 Å². The fourth-order valence-corrected chi connectivity index (χ4v) is 3.24. The maximum absolute atomic E-state index is 11.6. The van der Waals surface area contributed by atoms with Crippen molar-refractivity contribution in [1.29, 1.82) is 0 Å². The van der Waals surface area contributed by atoms with Crippen LogP contribution in [0.5, 0.6) is 0 Å². The summed E-state index contributed by atoms with van der Waals surface area (Å²) in [5.41, 5.74) is -0.126. The van der Waals surface area contributed by atoms with Crippen LogP contribution in [-0.4, -0.2) is 32.6 Å². The van der Waals surface area contributed by atoms with E-state index in [1.165, 1.54) is 0 Å². The number of H-pyrrole nitrogens is 1. The van der Waals surface area contributed by atoms with E-state index < -0.39 is 0 Å². The molecule has 18 heavy (non-hydrogen) atoms. The van der Waals surface area contributed by atoms with Crippen LogP contribution in [0.2, 0.25) is 0 Å². The molecule has 2 N–H and O–H groups in total. The Morgan fingerprint density at radius 2 is 2.06 bits per heavy atom. The quantitative estimate of drug-likeness (QED) is 0.745. The molecule has 5 nitrogen and oxygen atoms in total. The Morgan fingerprint density at radius 1 is 1.39 bits per heavy atom. The second kappa shape index (κ2) is 6.99. The molecule has 0 bridgehead atoms. The van der Waals surface area contributed by atoms with Crippen molar-refractivity contribution in [3.63, 3.8) is 0 Å². The molecule has 0 aliphatic heterocycles. The zero-order chi connectivity index (χ0) is 13.7. The van der Waals surface area contributed by atoms with Gasteiger partial charge in [-0.3, -0.25) is 4.57 Å². The highest BCUT2D eigenvalue weighted by atomic mass is 32.2. The molecule has 0 radical (unpaired) electrons. The molecule has 0 aliphatic rings. The molecule has 1 aromatic rings. The Labute approximate surface area is 113 Å². The zero-order valence-electron chi connectivity index (χ0n) is 11.9. The van der Waals surface area contributed by atoms with Crippen molar-refractivity contribution in [3.05, 3.63) is 10.5 Å². The molecule has 1 rings (SSSR count). The second-order valence-electron chi connectivity index (χ2n) is 4.90. The highest BCUT2D eigenvalue weighted by Crippen LogP contribution is 2.24. The summed E-state index contributed by atoms with van der Waals surface area (Å²) < 4.78 is 1.71. The number of hydrogen-bond donors (Lipinski definition) is 2. The van der Waals surface area contributed by atoms with Gasteiger partial charge in [-0.2, -0.15) is 0 Å². The first-order chi connectivity index (χ1) is 8.45. The SMILES string of the molecule is CCNC(C)CC(C)Sc1n[nH]c(=O)n1C(C)C. The van der Waals surface area contributed by atoms with Crippen LogP contribution in [0.15, 0.2) is 9.95 Å². The fraction of sp³-hybridized carbons (Fsp3) is 0.833. The number of nitrogens with one attached hydrogen (secondary N) is 2. The number of aromatic nitrogens is 3. The van der Waals surface area contributed by atoms with Gasteiger partial charge in [-0.25, -0.2) is 9.89 Å². The molecule has 0 aliphatic carbocycles. The second-order valence-corrected chi connectivity index (χ2v) is 6.30. The van der Waals surface area contributed by atoms with E-state index in [2.05, 4.69) is 36.3 Å². The van der Waals surface area contributed by atoms with Crippen molar-refractivity contribution in [2.45, 2.75) is 63.5 Å². The number of thioether (sulfide) groups is 1. The first-order valence-electron chi connectivity index (χ1n) is 6.52. The van der Waals surface area contributed by atoms with Gasteiger partial charge in [0.15, 0.2) is 5.16 Å². The number of rotatable bonds is 7. The summed E-state index contributed by atoms with van der Waals surface area (Å²) in [6.07, 6.45) is 1.05. The first kappa shape index (κ1) is 15.3. The Morgan fingerprint density at radius 3 is 2.61 bits per heavy atom. The third-order valence-corrected chi connectivity index (χ3v) is 3.83. The summed E-state index contributed by atoms with van der Waals surface area (Å²) in [5, 5.41) is 11.2. The van der Waals surface area contributed by atoms with E-state index >= 15 is 0 Å². The van der Waals surface area contributed by atoms with E-state index in [1.54, 1.807) is 16.3 Å². The third kappa shape index (κ3) is 4.17. The molecule has 6 heteroatoms. The van der Waals surface area contributed by atoms with Gasteiger partial charge in [-0.15, -0.1) is 5.10 Å². The van der Waals surface area contributed by atoms with E-state index in [4.69, 9.17) is 0 Å². The Kier molecular flexibility index (Phi) is 5.95. The Hall–Kier alpha value is -0.750. The van der Waals surface area contributed by atoms with Gasteiger partial charge < -0.3 is 5.32 Å². The van der Waals surface area contributed by atoms with Gasteiger partial charge in [-0.1, -0.05) is 25.6 Å². The van der Waals surface area contributed by atoms with Crippen molar-refractivity contribution in [2.24, 2.45) is 0 Å². The van der Waals surface area contributed by atoms with E-state index in [0.717, 1.165) is 18.1 Å². The Bertz CT molecular complexity index is 412. The molecule has 2 atom stereocenters. The molecule has 0 amide bonds. The molecule has 0 aromatic carbocycles. The maximum atomic E-state index is 11.6. The van der Waals surface area contributed by atoms with Crippen LogP contribution < -0.4 is 11.0 Å². The van der Waals surface area contributed by atoms with Gasteiger partial charge in [0.25, 0.3) is 0 Å². The lowest BCUT2D eigenvalue weighted by Crippen LogP contribution is -2.28. The summed E-state index contributed by atoms with van der Waals surface area (Å²) >= 11 is 1.65. The largest absolute Gasteiger partial charge is 0.344 e. The molecule has 0 saturated carbocycles. The summed E-state index contributed by atoms with van der Waals surface area (Å²) in [7, 11) is 0. The molecular formula is C12H24N4OS. The fourth-order valence-electron chi connectivity index (χ4n) is 1.99. The smallest absolute Gasteiger partial charge is 0.314 e. The van der Waals surface area contributed by atoms with E-state index in [1.807, 2.05) is 13.8 Å². The van der Waals surface area contributed by atoms with Gasteiger partial charge in [0.1, 0.15) is 0 Å². The van der Waals surface area contributed by atoms with Gasteiger partial charge in [0.05, 0.1) is 0 Å². The highest BCUT2D eigenvalue weighted by Gasteiger charge is 2.16. The lowest BCUT2D eigenvalue weighted by Gasteiger charge is -2.17. The predicted molar refractivity (Wildman–Crippen MR) is 76.3 cm³/mol. The monoisotopic (exact) mass is 272 g/mol. The van der Waals surface area contributed by atoms with Gasteiger partial charge in [0.2, 0.25) is 0 Å². The molecule has 1 aromatic heterocycles. The van der Waals surface area contributed by atoms with Gasteiger partial charge in [0, 0.05) is 17.3 Å². The van der Waals surface area contributed by atoms with Crippen LogP contribution in [0.4, 0.5) is 0 Å². The highest BCUT2D eigenvalue weighted by molar-refractivity contribution is 7.99. The maximum Gasteiger partial charge on any atom is 0.344 e. The van der Waals surface area contributed by atoms with Crippen LogP contribution in [0, 0.1) is 0 Å². The van der Waals surface area contributed by atoms with E-state index in [9.17, 15) is 4.79 Å². The molecule has 2 unspecified atom stereocenters.